The molecule has 0 atom stereocenters. The average Bonchev–Trinajstić information content (AvgIpc) is 3.30. The van der Waals surface area contributed by atoms with Crippen molar-refractivity contribution in [2.45, 2.75) is 0 Å². The van der Waals surface area contributed by atoms with Crippen LogP contribution in [0.1, 0.15) is 5.56 Å². The largest absolute Gasteiger partial charge is 0.477 e. The Bertz CT molecular complexity index is 1050. The van der Waals surface area contributed by atoms with Crippen LogP contribution in [0.2, 0.25) is 0 Å². The molecule has 0 spiro atoms. The highest BCUT2D eigenvalue weighted by Crippen LogP contribution is 2.29. The minimum Gasteiger partial charge on any atom is -0.477 e. The van der Waals surface area contributed by atoms with Crippen LogP contribution in [-0.2, 0) is 14.3 Å². The van der Waals surface area contributed by atoms with Crippen molar-refractivity contribution >= 4 is 34.7 Å². The van der Waals surface area contributed by atoms with Gasteiger partial charge in [-0.3, -0.25) is 9.89 Å². The van der Waals surface area contributed by atoms with Gasteiger partial charge in [0.25, 0.3) is 0 Å². The fraction of sp³-hybridized carbons (Fsp3) is 0. The van der Waals surface area contributed by atoms with Gasteiger partial charge in [0.2, 0.25) is 11.7 Å². The second kappa shape index (κ2) is 5.64. The van der Waals surface area contributed by atoms with Crippen molar-refractivity contribution < 1.29 is 19.4 Å². The number of carbonyl (C=O) groups excluding carboxylic acids is 1. The monoisotopic (exact) mass is 337 g/mol. The number of hydrogen-bond acceptors (Lipinski definition) is 6. The first-order valence-corrected chi connectivity index (χ1v) is 7.24. The van der Waals surface area contributed by atoms with Crippen molar-refractivity contribution in [3.63, 3.8) is 0 Å². The zero-order valence-electron chi connectivity index (χ0n) is 12.6. The number of pyridine rings is 1. The lowest BCUT2D eigenvalue weighted by Crippen LogP contribution is -2.12. The third-order valence-corrected chi connectivity index (χ3v) is 3.62. The molecule has 3 aromatic heterocycles. The summed E-state index contributed by atoms with van der Waals surface area (Å²) in [5.74, 6) is -2.04. The Labute approximate surface area is 140 Å². The first-order valence-electron chi connectivity index (χ1n) is 7.24. The van der Waals surface area contributed by atoms with E-state index in [1.54, 1.807) is 30.7 Å². The molecule has 0 saturated heterocycles. The summed E-state index contributed by atoms with van der Waals surface area (Å²) >= 11 is 0. The third-order valence-electron chi connectivity index (χ3n) is 3.62. The molecule has 4 heterocycles. The summed E-state index contributed by atoms with van der Waals surface area (Å²) in [6.07, 6.45) is 6.34. The number of aromatic amines is 2. The second-order valence-corrected chi connectivity index (χ2v) is 5.18. The maximum atomic E-state index is 12.4. The van der Waals surface area contributed by atoms with E-state index in [0.29, 0.717) is 17.0 Å². The molecule has 124 valence electrons. The number of ether oxygens (including phenoxy) is 1. The van der Waals surface area contributed by atoms with E-state index in [0.717, 1.165) is 5.39 Å². The summed E-state index contributed by atoms with van der Waals surface area (Å²) in [5, 5.41) is 19.2. The summed E-state index contributed by atoms with van der Waals surface area (Å²) in [6, 6.07) is 5.17. The Morgan fingerprint density at radius 1 is 1.36 bits per heavy atom. The quantitative estimate of drug-likeness (QED) is 0.420. The maximum Gasteiger partial charge on any atom is 0.345 e. The summed E-state index contributed by atoms with van der Waals surface area (Å²) in [6.45, 7) is 0. The van der Waals surface area contributed by atoms with Crippen LogP contribution in [0.3, 0.4) is 0 Å². The van der Waals surface area contributed by atoms with Crippen molar-refractivity contribution in [3.8, 4) is 0 Å². The minimum absolute atomic E-state index is 0.0970. The Kier molecular flexibility index (Phi) is 3.31. The second-order valence-electron chi connectivity index (χ2n) is 5.18. The van der Waals surface area contributed by atoms with Gasteiger partial charge in [0.1, 0.15) is 5.65 Å². The van der Waals surface area contributed by atoms with Gasteiger partial charge in [-0.1, -0.05) is 0 Å². The van der Waals surface area contributed by atoms with Crippen molar-refractivity contribution in [3.05, 3.63) is 59.6 Å². The fourth-order valence-corrected chi connectivity index (χ4v) is 2.49. The number of anilines is 1. The van der Waals surface area contributed by atoms with E-state index in [1.165, 1.54) is 6.08 Å². The summed E-state index contributed by atoms with van der Waals surface area (Å²) in [7, 11) is 0. The molecule has 0 radical (unpaired) electrons. The number of allylic oxidation sites excluding steroid dienone is 1. The highest BCUT2D eigenvalue weighted by molar-refractivity contribution is 6.26. The molecule has 25 heavy (non-hydrogen) atoms. The number of H-pyrrole nitrogens is 2. The topological polar surface area (TPSA) is 133 Å². The maximum absolute atomic E-state index is 12.4. The summed E-state index contributed by atoms with van der Waals surface area (Å²) < 4.78 is 5.45. The number of ketones is 1. The number of rotatable bonds is 4. The number of carbonyl (C=O) groups is 2. The summed E-state index contributed by atoms with van der Waals surface area (Å²) in [5.41, 5.74) is 0.838. The number of aliphatic carboxylic acids is 1. The van der Waals surface area contributed by atoms with E-state index in [2.05, 4.69) is 25.5 Å². The third kappa shape index (κ3) is 2.53. The molecule has 4 rings (SSSR count). The van der Waals surface area contributed by atoms with Crippen LogP contribution in [0.15, 0.2) is 54.0 Å². The van der Waals surface area contributed by atoms with E-state index in [-0.39, 0.29) is 11.6 Å². The number of carboxylic acid groups (broad SMARTS) is 1. The minimum atomic E-state index is -1.38. The number of nitrogens with one attached hydrogen (secondary N) is 3. The lowest BCUT2D eigenvalue weighted by molar-refractivity contribution is -0.134. The molecule has 0 bridgehead atoms. The molecule has 0 amide bonds. The van der Waals surface area contributed by atoms with Crippen LogP contribution in [0.4, 0.5) is 5.82 Å². The van der Waals surface area contributed by atoms with E-state index in [1.807, 2.05) is 6.07 Å². The van der Waals surface area contributed by atoms with Gasteiger partial charge < -0.3 is 20.1 Å². The highest BCUT2D eigenvalue weighted by Gasteiger charge is 2.36. The van der Waals surface area contributed by atoms with Gasteiger partial charge in [-0.25, -0.2) is 9.78 Å². The van der Waals surface area contributed by atoms with Crippen molar-refractivity contribution in [1.29, 1.82) is 0 Å². The van der Waals surface area contributed by atoms with Gasteiger partial charge in [-0.15, -0.1) is 0 Å². The zero-order valence-corrected chi connectivity index (χ0v) is 12.6. The van der Waals surface area contributed by atoms with Gasteiger partial charge in [0.15, 0.2) is 17.2 Å². The normalized spacial score (nSPS) is 15.8. The molecule has 1 aliphatic heterocycles. The number of Topliss-reactive ketones (excluding diaryl/α,β-unsaturated/α-hetero) is 1. The highest BCUT2D eigenvalue weighted by atomic mass is 16.5. The smallest absolute Gasteiger partial charge is 0.345 e. The average molecular weight is 337 g/mol. The molecule has 0 aromatic carbocycles. The van der Waals surface area contributed by atoms with Crippen LogP contribution >= 0.6 is 0 Å². The molecule has 0 saturated carbocycles. The van der Waals surface area contributed by atoms with E-state index < -0.39 is 17.3 Å². The molecule has 0 fully saturated rings. The van der Waals surface area contributed by atoms with Crippen LogP contribution in [-0.4, -0.2) is 37.0 Å². The first-order chi connectivity index (χ1) is 12.1. The fourth-order valence-electron chi connectivity index (χ4n) is 2.49. The SMILES string of the molecule is O=C(O)C1=C(Nc2cc[nH]n2)O/C(=C\c2c[nH]c3ncccc23)C1=O. The predicted molar refractivity (Wildman–Crippen MR) is 87.0 cm³/mol. The molecule has 4 N–H and O–H groups in total. The number of aromatic nitrogens is 4. The van der Waals surface area contributed by atoms with Gasteiger partial charge in [-0.05, 0) is 18.2 Å². The molecule has 9 heteroatoms. The van der Waals surface area contributed by atoms with E-state index >= 15 is 0 Å². The van der Waals surface area contributed by atoms with Crippen LogP contribution in [0.5, 0.6) is 0 Å². The predicted octanol–water partition coefficient (Wildman–Crippen LogP) is 1.63. The van der Waals surface area contributed by atoms with E-state index in [9.17, 15) is 14.7 Å². The molecular weight excluding hydrogens is 326 g/mol. The Hall–Kier alpha value is -3.88. The van der Waals surface area contributed by atoms with Gasteiger partial charge >= 0.3 is 5.97 Å². The molecular formula is C16H11N5O4. The van der Waals surface area contributed by atoms with Gasteiger partial charge in [0.05, 0.1) is 0 Å². The molecule has 0 aliphatic carbocycles. The van der Waals surface area contributed by atoms with E-state index in [4.69, 9.17) is 4.74 Å². The Morgan fingerprint density at radius 2 is 2.24 bits per heavy atom. The van der Waals surface area contributed by atoms with Crippen LogP contribution in [0, 0.1) is 0 Å². The lowest BCUT2D eigenvalue weighted by Gasteiger charge is -2.04. The summed E-state index contributed by atoms with van der Waals surface area (Å²) in [4.78, 5) is 31.0. The van der Waals surface area contributed by atoms with Gasteiger partial charge in [-0.2, -0.15) is 5.10 Å². The lowest BCUT2D eigenvalue weighted by atomic mass is 10.1. The number of hydrogen-bond donors (Lipinski definition) is 4. The van der Waals surface area contributed by atoms with Gasteiger partial charge in [0, 0.05) is 35.6 Å². The molecule has 9 nitrogen and oxygen atoms in total. The molecule has 3 aromatic rings. The number of carboxylic acids is 1. The Balaban J connectivity index is 1.71. The number of fused-ring (bicyclic) bond motifs is 1. The van der Waals surface area contributed by atoms with Crippen LogP contribution < -0.4 is 5.32 Å². The first kappa shape index (κ1) is 14.7. The van der Waals surface area contributed by atoms with Crippen molar-refractivity contribution in [2.75, 3.05) is 5.32 Å². The van der Waals surface area contributed by atoms with Crippen molar-refractivity contribution in [1.82, 2.24) is 20.2 Å². The standard InChI is InChI=1S/C16H11N5O4/c22-13-10(6-8-7-18-14-9(8)2-1-4-17-14)25-15(12(13)16(23)24)20-11-3-5-19-21-11/h1-7H,(H,17,18)(H,23,24)(H2,19,20,21)/b10-6-. The zero-order chi connectivity index (χ0) is 17.4. The Morgan fingerprint density at radius 3 is 3.00 bits per heavy atom. The van der Waals surface area contributed by atoms with Crippen LogP contribution in [0.25, 0.3) is 17.1 Å². The number of nitrogens with zero attached hydrogens (tertiary/aromatic N) is 2. The van der Waals surface area contributed by atoms with Crippen molar-refractivity contribution in [2.24, 2.45) is 0 Å². The molecule has 1 aliphatic rings. The molecule has 0 unspecified atom stereocenters.